The Kier molecular flexibility index (Phi) is 8.42. The van der Waals surface area contributed by atoms with Gasteiger partial charge in [0.05, 0.1) is 16.6 Å². The maximum Gasteiger partial charge on any atom is 0.276 e. The standard InChI is InChI=1S/C19H20BrClN2O4/c1-2-3-10-26-16-7-5-4-6-14(16)19(25)23-22-18(24)12-27-17-9-8-13(21)11-15(17)20/h4-9,11H,2-3,10,12H2,1H3,(H,22,24)(H,23,25). The predicted octanol–water partition coefficient (Wildman–Crippen LogP) is 4.12. The zero-order chi connectivity index (χ0) is 19.6. The van der Waals surface area contributed by atoms with Crippen molar-refractivity contribution in [2.24, 2.45) is 0 Å². The lowest BCUT2D eigenvalue weighted by atomic mass is 10.2. The number of para-hydroxylation sites is 1. The minimum Gasteiger partial charge on any atom is -0.493 e. The molecule has 0 spiro atoms. The molecule has 2 aromatic carbocycles. The van der Waals surface area contributed by atoms with Crippen LogP contribution in [0, 0.1) is 0 Å². The molecule has 2 rings (SSSR count). The average molecular weight is 456 g/mol. The summed E-state index contributed by atoms with van der Waals surface area (Å²) in [5.41, 5.74) is 5.02. The summed E-state index contributed by atoms with van der Waals surface area (Å²) in [6.45, 7) is 2.31. The number of hydrazine groups is 1. The van der Waals surface area contributed by atoms with Gasteiger partial charge in [-0.05, 0) is 52.7 Å². The Balaban J connectivity index is 1.85. The number of nitrogens with one attached hydrogen (secondary N) is 2. The Morgan fingerprint density at radius 1 is 1.07 bits per heavy atom. The van der Waals surface area contributed by atoms with E-state index in [0.717, 1.165) is 12.8 Å². The van der Waals surface area contributed by atoms with Crippen molar-refractivity contribution in [3.8, 4) is 11.5 Å². The van der Waals surface area contributed by atoms with Gasteiger partial charge in [-0.15, -0.1) is 0 Å². The molecular weight excluding hydrogens is 436 g/mol. The third-order valence-corrected chi connectivity index (χ3v) is 4.31. The summed E-state index contributed by atoms with van der Waals surface area (Å²) in [7, 11) is 0. The number of unbranched alkanes of at least 4 members (excludes halogenated alkanes) is 1. The van der Waals surface area contributed by atoms with Crippen molar-refractivity contribution >= 4 is 39.3 Å². The van der Waals surface area contributed by atoms with Crippen molar-refractivity contribution in [1.29, 1.82) is 0 Å². The smallest absolute Gasteiger partial charge is 0.276 e. The van der Waals surface area contributed by atoms with Crippen LogP contribution in [0.1, 0.15) is 30.1 Å². The Bertz CT molecular complexity index is 801. The molecule has 6 nitrogen and oxygen atoms in total. The molecule has 27 heavy (non-hydrogen) atoms. The second-order valence-corrected chi connectivity index (χ2v) is 6.85. The van der Waals surface area contributed by atoms with E-state index in [1.54, 1.807) is 42.5 Å². The van der Waals surface area contributed by atoms with Crippen LogP contribution in [0.4, 0.5) is 0 Å². The first-order valence-electron chi connectivity index (χ1n) is 8.40. The molecule has 0 saturated heterocycles. The minimum absolute atomic E-state index is 0.269. The lowest BCUT2D eigenvalue weighted by Crippen LogP contribution is -2.44. The van der Waals surface area contributed by atoms with Crippen molar-refractivity contribution in [2.75, 3.05) is 13.2 Å². The quantitative estimate of drug-likeness (QED) is 0.464. The number of hydrogen-bond donors (Lipinski definition) is 2. The van der Waals surface area contributed by atoms with Crippen LogP contribution in [0.15, 0.2) is 46.9 Å². The third-order valence-electron chi connectivity index (χ3n) is 3.46. The predicted molar refractivity (Wildman–Crippen MR) is 107 cm³/mol. The molecule has 2 amide bonds. The lowest BCUT2D eigenvalue weighted by molar-refractivity contribution is -0.123. The molecule has 8 heteroatoms. The van der Waals surface area contributed by atoms with Crippen LogP contribution in [0.25, 0.3) is 0 Å². The average Bonchev–Trinajstić information content (AvgIpc) is 2.66. The lowest BCUT2D eigenvalue weighted by Gasteiger charge is -2.12. The highest BCUT2D eigenvalue weighted by atomic mass is 79.9. The number of rotatable bonds is 8. The molecule has 0 bridgehead atoms. The van der Waals surface area contributed by atoms with Crippen LogP contribution in [0.5, 0.6) is 11.5 Å². The summed E-state index contributed by atoms with van der Waals surface area (Å²) in [4.78, 5) is 24.2. The number of carbonyl (C=O) groups is 2. The summed E-state index contributed by atoms with van der Waals surface area (Å²) in [5.74, 6) is -0.0349. The van der Waals surface area contributed by atoms with Gasteiger partial charge in [-0.25, -0.2) is 0 Å². The Morgan fingerprint density at radius 3 is 2.59 bits per heavy atom. The van der Waals surface area contributed by atoms with Gasteiger partial charge in [0, 0.05) is 5.02 Å². The highest BCUT2D eigenvalue weighted by Gasteiger charge is 2.13. The van der Waals surface area contributed by atoms with Gasteiger partial charge >= 0.3 is 0 Å². The van der Waals surface area contributed by atoms with Crippen molar-refractivity contribution in [3.05, 3.63) is 57.5 Å². The number of amides is 2. The normalized spacial score (nSPS) is 10.2. The summed E-state index contributed by atoms with van der Waals surface area (Å²) in [6, 6.07) is 11.8. The number of carbonyl (C=O) groups excluding carboxylic acids is 2. The van der Waals surface area contributed by atoms with Crippen molar-refractivity contribution in [1.82, 2.24) is 10.9 Å². The summed E-state index contributed by atoms with van der Waals surface area (Å²) < 4.78 is 11.6. The monoisotopic (exact) mass is 454 g/mol. The second-order valence-electron chi connectivity index (χ2n) is 5.56. The van der Waals surface area contributed by atoms with Gasteiger partial charge in [0.25, 0.3) is 11.8 Å². The molecule has 2 N–H and O–H groups in total. The first kappa shape index (κ1) is 21.1. The molecule has 144 valence electrons. The van der Waals surface area contributed by atoms with E-state index in [4.69, 9.17) is 21.1 Å². The fourth-order valence-corrected chi connectivity index (χ4v) is 2.87. The molecule has 0 fully saturated rings. The molecular formula is C19H20BrClN2O4. The number of halogens is 2. The van der Waals surface area contributed by atoms with Gasteiger partial charge in [-0.3, -0.25) is 20.4 Å². The van der Waals surface area contributed by atoms with E-state index >= 15 is 0 Å². The summed E-state index contributed by atoms with van der Waals surface area (Å²) >= 11 is 9.15. The van der Waals surface area contributed by atoms with Gasteiger partial charge in [0.1, 0.15) is 11.5 Å². The topological polar surface area (TPSA) is 76.7 Å². The molecule has 0 saturated carbocycles. The number of benzene rings is 2. The minimum atomic E-state index is -0.505. The molecule has 0 aliphatic rings. The fourth-order valence-electron chi connectivity index (χ4n) is 2.07. The Hall–Kier alpha value is -2.25. The summed E-state index contributed by atoms with van der Waals surface area (Å²) in [5, 5.41) is 0.547. The second kappa shape index (κ2) is 10.8. The molecule has 0 unspecified atom stereocenters. The van der Waals surface area contributed by atoms with E-state index in [2.05, 4.69) is 33.7 Å². The Labute approximate surface area is 171 Å². The molecule has 0 aromatic heterocycles. The Morgan fingerprint density at radius 2 is 1.85 bits per heavy atom. The van der Waals surface area contributed by atoms with Crippen LogP contribution in [-0.2, 0) is 4.79 Å². The van der Waals surface area contributed by atoms with Crippen LogP contribution in [0.3, 0.4) is 0 Å². The van der Waals surface area contributed by atoms with E-state index in [0.29, 0.717) is 33.2 Å². The molecule has 2 aromatic rings. The van der Waals surface area contributed by atoms with Crippen LogP contribution < -0.4 is 20.3 Å². The van der Waals surface area contributed by atoms with Gasteiger partial charge in [-0.1, -0.05) is 37.1 Å². The van der Waals surface area contributed by atoms with Crippen LogP contribution in [0.2, 0.25) is 5.02 Å². The summed E-state index contributed by atoms with van der Waals surface area (Å²) in [6.07, 6.45) is 1.89. The van der Waals surface area contributed by atoms with Crippen LogP contribution in [-0.4, -0.2) is 25.0 Å². The zero-order valence-corrected chi connectivity index (χ0v) is 17.1. The number of ether oxygens (including phenoxy) is 2. The van der Waals surface area contributed by atoms with Gasteiger partial charge in [-0.2, -0.15) is 0 Å². The van der Waals surface area contributed by atoms with Crippen molar-refractivity contribution in [3.63, 3.8) is 0 Å². The zero-order valence-electron chi connectivity index (χ0n) is 14.8. The van der Waals surface area contributed by atoms with E-state index in [-0.39, 0.29) is 6.61 Å². The van der Waals surface area contributed by atoms with Gasteiger partial charge in [0.2, 0.25) is 0 Å². The SMILES string of the molecule is CCCCOc1ccccc1C(=O)NNC(=O)COc1ccc(Cl)cc1Br. The van der Waals surface area contributed by atoms with E-state index in [1.807, 2.05) is 0 Å². The van der Waals surface area contributed by atoms with Crippen molar-refractivity contribution in [2.45, 2.75) is 19.8 Å². The maximum atomic E-state index is 12.3. The van der Waals surface area contributed by atoms with Crippen LogP contribution >= 0.6 is 27.5 Å². The molecule has 0 atom stereocenters. The van der Waals surface area contributed by atoms with Gasteiger partial charge < -0.3 is 9.47 Å². The van der Waals surface area contributed by atoms with Crippen molar-refractivity contribution < 1.29 is 19.1 Å². The molecule has 0 radical (unpaired) electrons. The highest BCUT2D eigenvalue weighted by Crippen LogP contribution is 2.27. The first-order valence-corrected chi connectivity index (χ1v) is 9.57. The maximum absolute atomic E-state index is 12.3. The van der Waals surface area contributed by atoms with E-state index in [1.165, 1.54) is 0 Å². The molecule has 0 aliphatic carbocycles. The third kappa shape index (κ3) is 6.77. The number of hydrogen-bond acceptors (Lipinski definition) is 4. The molecule has 0 aliphatic heterocycles. The van der Waals surface area contributed by atoms with Gasteiger partial charge in [0.15, 0.2) is 6.61 Å². The fraction of sp³-hybridized carbons (Fsp3) is 0.263. The largest absolute Gasteiger partial charge is 0.493 e. The first-order chi connectivity index (χ1) is 13.0. The van der Waals surface area contributed by atoms with E-state index in [9.17, 15) is 9.59 Å². The molecule has 0 heterocycles. The highest BCUT2D eigenvalue weighted by molar-refractivity contribution is 9.10. The van der Waals surface area contributed by atoms with E-state index < -0.39 is 11.8 Å².